The van der Waals surface area contributed by atoms with Gasteiger partial charge in [-0.1, -0.05) is 363 Å². The van der Waals surface area contributed by atoms with Crippen LogP contribution in [-0.2, 0) is 65.4 Å². The van der Waals surface area contributed by atoms with Gasteiger partial charge >= 0.3 is 39.5 Å². The summed E-state index contributed by atoms with van der Waals surface area (Å²) < 4.78 is 68.6. The highest BCUT2D eigenvalue weighted by molar-refractivity contribution is 7.47. The average Bonchev–Trinajstić information content (AvgIpc) is 1.01. The number of ether oxygens (including phenoxy) is 4. The molecule has 3 N–H and O–H groups in total. The van der Waals surface area contributed by atoms with Crippen molar-refractivity contribution in [3.05, 3.63) is 0 Å². The fourth-order valence-corrected chi connectivity index (χ4v) is 13.8. The summed E-state index contributed by atoms with van der Waals surface area (Å²) >= 11 is 0. The van der Waals surface area contributed by atoms with E-state index in [1.807, 2.05) is 0 Å². The number of unbranched alkanes of at least 4 members (excludes halogenated alkanes) is 48. The molecule has 582 valence electrons. The number of carbonyl (C=O) groups is 4. The summed E-state index contributed by atoms with van der Waals surface area (Å²) in [5, 5.41) is 10.6. The summed E-state index contributed by atoms with van der Waals surface area (Å²) in [6.07, 6.45) is 59.6. The molecular formula is C79H154O17P2. The summed E-state index contributed by atoms with van der Waals surface area (Å²) in [5.74, 6) is -0.518. The lowest BCUT2D eigenvalue weighted by Gasteiger charge is -2.21. The van der Waals surface area contributed by atoms with Crippen molar-refractivity contribution in [3.8, 4) is 0 Å². The minimum absolute atomic E-state index is 0.108. The van der Waals surface area contributed by atoms with Crippen LogP contribution in [0.3, 0.4) is 0 Å². The second kappa shape index (κ2) is 70.7. The molecule has 2 unspecified atom stereocenters. The minimum atomic E-state index is -4.96. The number of aliphatic hydroxyl groups is 1. The molecule has 0 aromatic carbocycles. The van der Waals surface area contributed by atoms with E-state index in [0.717, 1.165) is 108 Å². The largest absolute Gasteiger partial charge is 0.472 e. The van der Waals surface area contributed by atoms with E-state index in [4.69, 9.17) is 37.0 Å². The van der Waals surface area contributed by atoms with Gasteiger partial charge < -0.3 is 33.8 Å². The van der Waals surface area contributed by atoms with E-state index in [-0.39, 0.29) is 25.7 Å². The molecule has 0 heterocycles. The van der Waals surface area contributed by atoms with E-state index < -0.39 is 97.5 Å². The molecule has 98 heavy (non-hydrogen) atoms. The van der Waals surface area contributed by atoms with E-state index in [1.165, 1.54) is 225 Å². The third-order valence-corrected chi connectivity index (χ3v) is 20.4. The molecule has 0 bridgehead atoms. The molecule has 0 aliphatic rings. The molecule has 0 fully saturated rings. The molecule has 0 amide bonds. The first-order valence-corrected chi connectivity index (χ1v) is 44.0. The molecule has 5 atom stereocenters. The number of rotatable bonds is 78. The van der Waals surface area contributed by atoms with Gasteiger partial charge in [0.15, 0.2) is 12.2 Å². The number of phosphoric ester groups is 2. The van der Waals surface area contributed by atoms with E-state index in [9.17, 15) is 43.2 Å². The molecule has 0 rings (SSSR count). The van der Waals surface area contributed by atoms with Gasteiger partial charge in [-0.3, -0.25) is 37.3 Å². The SMILES string of the molecule is CCCCCCCCCCCCCCCCCCC(=O)O[C@H](COC(=O)CCCCCCCCCC)COP(=O)(O)OC[C@H](O)COP(=O)(O)OC[C@@H](COC(=O)CCCCCCCCCCCCCCCCC(C)C)OC(=O)CCCCCCCCCCCCCCCCC(C)C. The van der Waals surface area contributed by atoms with Gasteiger partial charge in [-0.15, -0.1) is 0 Å². The van der Waals surface area contributed by atoms with E-state index >= 15 is 0 Å². The van der Waals surface area contributed by atoms with Crippen LogP contribution in [0.2, 0.25) is 0 Å². The summed E-state index contributed by atoms with van der Waals surface area (Å²) in [5.41, 5.74) is 0. The second-order valence-corrected chi connectivity index (χ2v) is 32.3. The van der Waals surface area contributed by atoms with E-state index in [2.05, 4.69) is 41.5 Å². The van der Waals surface area contributed by atoms with Crippen molar-refractivity contribution in [2.45, 2.75) is 432 Å². The van der Waals surface area contributed by atoms with Gasteiger partial charge in [0, 0.05) is 25.7 Å². The van der Waals surface area contributed by atoms with Crippen LogP contribution in [0, 0.1) is 11.8 Å². The Hall–Kier alpha value is -1.94. The fourth-order valence-electron chi connectivity index (χ4n) is 12.2. The minimum Gasteiger partial charge on any atom is -0.462 e. The average molecular weight is 1440 g/mol. The quantitative estimate of drug-likeness (QED) is 0.0222. The number of hydrogen-bond acceptors (Lipinski definition) is 15. The molecule has 0 spiro atoms. The van der Waals surface area contributed by atoms with Crippen molar-refractivity contribution in [3.63, 3.8) is 0 Å². The van der Waals surface area contributed by atoms with Crippen LogP contribution >= 0.6 is 15.6 Å². The molecule has 0 saturated carbocycles. The second-order valence-electron chi connectivity index (χ2n) is 29.4. The number of carbonyl (C=O) groups excluding carboxylic acids is 4. The fraction of sp³-hybridized carbons (Fsp3) is 0.949. The lowest BCUT2D eigenvalue weighted by molar-refractivity contribution is -0.161. The normalized spacial score (nSPS) is 13.9. The highest BCUT2D eigenvalue weighted by Gasteiger charge is 2.30. The molecule has 0 saturated heterocycles. The van der Waals surface area contributed by atoms with Crippen molar-refractivity contribution < 1.29 is 80.2 Å². The summed E-state index contributed by atoms with van der Waals surface area (Å²) in [6.45, 7) is 9.65. The van der Waals surface area contributed by atoms with Crippen molar-refractivity contribution in [2.75, 3.05) is 39.6 Å². The van der Waals surface area contributed by atoms with Crippen molar-refractivity contribution in [1.29, 1.82) is 0 Å². The number of esters is 4. The summed E-state index contributed by atoms with van der Waals surface area (Å²) in [6, 6.07) is 0. The summed E-state index contributed by atoms with van der Waals surface area (Å²) in [4.78, 5) is 72.9. The van der Waals surface area contributed by atoms with Crippen LogP contribution < -0.4 is 0 Å². The van der Waals surface area contributed by atoms with E-state index in [0.29, 0.717) is 25.7 Å². The Morgan fingerprint density at radius 1 is 0.276 bits per heavy atom. The monoisotopic (exact) mass is 1440 g/mol. The molecular weight excluding hydrogens is 1280 g/mol. The van der Waals surface area contributed by atoms with Crippen LogP contribution in [0.5, 0.6) is 0 Å². The smallest absolute Gasteiger partial charge is 0.462 e. The third-order valence-electron chi connectivity index (χ3n) is 18.5. The van der Waals surface area contributed by atoms with Crippen LogP contribution in [-0.4, -0.2) is 96.7 Å². The molecule has 0 aromatic heterocycles. The van der Waals surface area contributed by atoms with Gasteiger partial charge in [-0.05, 0) is 37.5 Å². The molecule has 0 aliphatic heterocycles. The lowest BCUT2D eigenvalue weighted by Crippen LogP contribution is -2.30. The Morgan fingerprint density at radius 3 is 0.694 bits per heavy atom. The Labute approximate surface area is 600 Å². The maximum Gasteiger partial charge on any atom is 0.472 e. The van der Waals surface area contributed by atoms with Crippen molar-refractivity contribution in [1.82, 2.24) is 0 Å². The Balaban J connectivity index is 5.21. The van der Waals surface area contributed by atoms with Gasteiger partial charge in [0.1, 0.15) is 19.3 Å². The van der Waals surface area contributed by atoms with Gasteiger partial charge in [0.25, 0.3) is 0 Å². The predicted molar refractivity (Wildman–Crippen MR) is 400 cm³/mol. The first-order chi connectivity index (χ1) is 47.4. The molecule has 17 nitrogen and oxygen atoms in total. The number of hydrogen-bond donors (Lipinski definition) is 3. The third kappa shape index (κ3) is 72.4. The van der Waals surface area contributed by atoms with Crippen molar-refractivity contribution in [2.24, 2.45) is 11.8 Å². The van der Waals surface area contributed by atoms with Crippen LogP contribution in [0.1, 0.15) is 414 Å². The van der Waals surface area contributed by atoms with Crippen LogP contribution in [0.25, 0.3) is 0 Å². The maximum absolute atomic E-state index is 13.1. The Bertz CT molecular complexity index is 1890. The maximum atomic E-state index is 13.1. The van der Waals surface area contributed by atoms with Gasteiger partial charge in [0.2, 0.25) is 0 Å². The molecule has 0 radical (unpaired) electrons. The number of phosphoric acid groups is 2. The van der Waals surface area contributed by atoms with Gasteiger partial charge in [-0.2, -0.15) is 0 Å². The standard InChI is InChI=1S/C79H154O17P2/c1-7-9-11-13-15-17-18-19-20-21-29-34-39-45-51-57-63-78(83)95-74(67-89-76(81)61-55-49-43-16-14-12-10-8-2)69-93-97(85,86)91-65-73(80)66-92-98(87,88)94-70-75(96-79(84)64-58-52-46-40-35-30-25-23-27-32-37-42-48-54-60-72(5)6)68-90-77(82)62-56-50-44-38-33-28-24-22-26-31-36-41-47-53-59-71(3)4/h71-75,80H,7-70H2,1-6H3,(H,85,86)(H,87,88)/t73-,74+,75+/m0/s1. The zero-order valence-corrected chi connectivity index (χ0v) is 65.9. The van der Waals surface area contributed by atoms with E-state index in [1.54, 1.807) is 0 Å². The zero-order valence-electron chi connectivity index (χ0n) is 64.1. The highest BCUT2D eigenvalue weighted by Crippen LogP contribution is 2.45. The Kier molecular flexibility index (Phi) is 69.3. The molecule has 0 aliphatic carbocycles. The van der Waals surface area contributed by atoms with Gasteiger partial charge in [0.05, 0.1) is 26.4 Å². The first-order valence-electron chi connectivity index (χ1n) is 41.0. The van der Waals surface area contributed by atoms with Crippen LogP contribution in [0.15, 0.2) is 0 Å². The topological polar surface area (TPSA) is 237 Å². The Morgan fingerprint density at radius 2 is 0.469 bits per heavy atom. The highest BCUT2D eigenvalue weighted by atomic mass is 31.2. The van der Waals surface area contributed by atoms with Crippen molar-refractivity contribution >= 4 is 39.5 Å². The number of aliphatic hydroxyl groups excluding tert-OH is 1. The molecule has 0 aromatic rings. The van der Waals surface area contributed by atoms with Gasteiger partial charge in [-0.25, -0.2) is 9.13 Å². The van der Waals surface area contributed by atoms with Crippen LogP contribution in [0.4, 0.5) is 0 Å². The summed E-state index contributed by atoms with van der Waals surface area (Å²) in [7, 11) is -9.91. The molecule has 19 heteroatoms. The predicted octanol–water partition coefficient (Wildman–Crippen LogP) is 23.5. The lowest BCUT2D eigenvalue weighted by atomic mass is 10.0. The zero-order chi connectivity index (χ0) is 72.1. The first kappa shape index (κ1) is 96.1.